The molecule has 0 fully saturated rings. The third-order valence-electron chi connectivity index (χ3n) is 4.87. The lowest BCUT2D eigenvalue weighted by Gasteiger charge is -2.15. The van der Waals surface area contributed by atoms with Crippen molar-refractivity contribution in [1.82, 2.24) is 14.9 Å². The maximum atomic E-state index is 14.7. The highest BCUT2D eigenvalue weighted by Crippen LogP contribution is 2.44. The van der Waals surface area contributed by atoms with Gasteiger partial charge in [0.1, 0.15) is 22.8 Å². The summed E-state index contributed by atoms with van der Waals surface area (Å²) in [6, 6.07) is 12.6. The van der Waals surface area contributed by atoms with E-state index in [0.29, 0.717) is 11.3 Å². The number of halogens is 3. The van der Waals surface area contributed by atoms with Crippen LogP contribution in [0.3, 0.4) is 0 Å². The number of rotatable bonds is 5. The van der Waals surface area contributed by atoms with Crippen LogP contribution in [0.15, 0.2) is 59.3 Å². The number of methoxy groups -OCH3 is 1. The van der Waals surface area contributed by atoms with Gasteiger partial charge in [0.15, 0.2) is 5.76 Å². The standard InChI is InChI=1S/C22H17F3N3O3P/c1-12-7-6-10-15(23)16(12)18-17(21(29)30-2)19(31-27-18)14-11-26-28(20(14)22(24,25)32)13-8-4-3-5-9-13/h3-11H,32H2,1-2H3. The number of hydrogen-bond acceptors (Lipinski definition) is 5. The first kappa shape index (κ1) is 21.8. The monoisotopic (exact) mass is 459 g/mol. The molecule has 0 bridgehead atoms. The van der Waals surface area contributed by atoms with Crippen molar-refractivity contribution < 1.29 is 27.2 Å². The Hall–Kier alpha value is -3.45. The van der Waals surface area contributed by atoms with E-state index in [1.165, 1.54) is 21.4 Å². The number of benzene rings is 2. The van der Waals surface area contributed by atoms with Crippen LogP contribution in [0.5, 0.6) is 0 Å². The van der Waals surface area contributed by atoms with Crippen LogP contribution in [0.4, 0.5) is 13.2 Å². The molecule has 0 amide bonds. The fourth-order valence-electron chi connectivity index (χ4n) is 3.47. The first-order chi connectivity index (χ1) is 15.2. The molecule has 4 rings (SSSR count). The fourth-order valence-corrected chi connectivity index (χ4v) is 3.75. The smallest absolute Gasteiger partial charge is 0.344 e. The maximum Gasteiger partial charge on any atom is 0.344 e. The van der Waals surface area contributed by atoms with E-state index in [2.05, 4.69) is 10.3 Å². The van der Waals surface area contributed by atoms with Gasteiger partial charge in [0.05, 0.1) is 24.6 Å². The summed E-state index contributed by atoms with van der Waals surface area (Å²) in [6.07, 6.45) is 1.14. The van der Waals surface area contributed by atoms with Crippen molar-refractivity contribution >= 4 is 15.2 Å². The van der Waals surface area contributed by atoms with Gasteiger partial charge in [-0.3, -0.25) is 0 Å². The first-order valence-corrected chi connectivity index (χ1v) is 9.96. The van der Waals surface area contributed by atoms with Crippen LogP contribution in [0.2, 0.25) is 0 Å². The minimum Gasteiger partial charge on any atom is -0.465 e. The van der Waals surface area contributed by atoms with E-state index in [9.17, 15) is 18.0 Å². The first-order valence-electron chi connectivity index (χ1n) is 9.38. The molecule has 10 heteroatoms. The zero-order valence-corrected chi connectivity index (χ0v) is 18.1. The molecule has 0 aliphatic heterocycles. The SMILES string of the molecule is COC(=O)c1c(-c2c(C)cccc2F)noc1-c1cnn(-c2ccccc2)c1C(F)(F)P. The maximum absolute atomic E-state index is 14.7. The topological polar surface area (TPSA) is 70.2 Å². The molecule has 2 aromatic heterocycles. The van der Waals surface area contributed by atoms with Gasteiger partial charge in [-0.15, -0.1) is 0 Å². The molecule has 164 valence electrons. The van der Waals surface area contributed by atoms with Gasteiger partial charge in [-0.2, -0.15) is 13.9 Å². The van der Waals surface area contributed by atoms with E-state index in [-0.39, 0.29) is 28.1 Å². The van der Waals surface area contributed by atoms with Crippen molar-refractivity contribution in [2.24, 2.45) is 0 Å². The molecule has 0 N–H and O–H groups in total. The lowest BCUT2D eigenvalue weighted by molar-refractivity contribution is 0.0601. The molecule has 0 spiro atoms. The average Bonchev–Trinajstić information content (AvgIpc) is 3.38. The Balaban J connectivity index is 2.01. The second kappa shape index (κ2) is 8.24. The Morgan fingerprint density at radius 2 is 1.88 bits per heavy atom. The molecular weight excluding hydrogens is 442 g/mol. The van der Waals surface area contributed by atoms with Crippen molar-refractivity contribution in [2.45, 2.75) is 12.6 Å². The number of nitrogens with zero attached hydrogens (tertiary/aromatic N) is 3. The largest absolute Gasteiger partial charge is 0.465 e. The fraction of sp³-hybridized carbons (Fsp3) is 0.136. The molecule has 0 radical (unpaired) electrons. The van der Waals surface area contributed by atoms with Crippen LogP contribution in [-0.2, 0) is 10.4 Å². The molecule has 1 atom stereocenters. The van der Waals surface area contributed by atoms with E-state index in [1.807, 2.05) is 0 Å². The summed E-state index contributed by atoms with van der Waals surface area (Å²) in [5, 5.41) is 7.94. The highest BCUT2D eigenvalue weighted by Gasteiger charge is 2.38. The second-order valence-corrected chi connectivity index (χ2v) is 7.66. The number of carbonyl (C=O) groups is 1. The van der Waals surface area contributed by atoms with E-state index in [1.54, 1.807) is 43.3 Å². The number of hydrogen-bond donors (Lipinski definition) is 0. The molecule has 2 aromatic carbocycles. The van der Waals surface area contributed by atoms with Crippen molar-refractivity contribution in [2.75, 3.05) is 7.11 Å². The van der Waals surface area contributed by atoms with Crippen LogP contribution in [0.25, 0.3) is 28.3 Å². The van der Waals surface area contributed by atoms with Gasteiger partial charge in [-0.25, -0.2) is 13.9 Å². The molecule has 0 saturated heterocycles. The molecule has 32 heavy (non-hydrogen) atoms. The lowest BCUT2D eigenvalue weighted by Crippen LogP contribution is -2.13. The predicted octanol–water partition coefficient (Wildman–Crippen LogP) is 5.35. The van der Waals surface area contributed by atoms with Gasteiger partial charge in [0.25, 0.3) is 0 Å². The molecule has 4 aromatic rings. The third-order valence-corrected chi connectivity index (χ3v) is 5.14. The highest BCUT2D eigenvalue weighted by molar-refractivity contribution is 7.17. The van der Waals surface area contributed by atoms with Gasteiger partial charge in [-0.05, 0) is 30.7 Å². The third kappa shape index (κ3) is 3.69. The Morgan fingerprint density at radius 3 is 2.50 bits per heavy atom. The summed E-state index contributed by atoms with van der Waals surface area (Å²) in [5.74, 6) is -1.86. The zero-order chi connectivity index (χ0) is 23.0. The van der Waals surface area contributed by atoms with Gasteiger partial charge in [-0.1, -0.05) is 44.7 Å². The summed E-state index contributed by atoms with van der Waals surface area (Å²) in [5.41, 5.74) is -3.73. The number of esters is 1. The molecule has 0 aliphatic rings. The van der Waals surface area contributed by atoms with Crippen LogP contribution in [0, 0.1) is 12.7 Å². The van der Waals surface area contributed by atoms with E-state index >= 15 is 0 Å². The number of alkyl halides is 2. The number of aromatic nitrogens is 3. The summed E-state index contributed by atoms with van der Waals surface area (Å²) in [4.78, 5) is 12.7. The molecule has 0 saturated carbocycles. The summed E-state index contributed by atoms with van der Waals surface area (Å²) in [7, 11) is 2.58. The van der Waals surface area contributed by atoms with Crippen LogP contribution < -0.4 is 0 Å². The summed E-state index contributed by atoms with van der Waals surface area (Å²) < 4.78 is 55.3. The van der Waals surface area contributed by atoms with Crippen LogP contribution in [-0.4, -0.2) is 28.0 Å². The minimum absolute atomic E-state index is 0.0116. The molecule has 6 nitrogen and oxygen atoms in total. The Kier molecular flexibility index (Phi) is 5.60. The second-order valence-electron chi connectivity index (χ2n) is 6.94. The number of carbonyl (C=O) groups excluding carboxylic acids is 1. The number of aryl methyl sites for hydroxylation is 1. The molecular formula is C22H17F3N3O3P. The van der Waals surface area contributed by atoms with Gasteiger partial charge in [0, 0.05) is 5.56 Å². The quantitative estimate of drug-likeness (QED) is 0.297. The van der Waals surface area contributed by atoms with Crippen molar-refractivity contribution in [3.63, 3.8) is 0 Å². The van der Waals surface area contributed by atoms with Gasteiger partial charge >= 0.3 is 11.6 Å². The summed E-state index contributed by atoms with van der Waals surface area (Å²) >= 11 is 0. The van der Waals surface area contributed by atoms with E-state index in [0.717, 1.165) is 18.0 Å². The zero-order valence-electron chi connectivity index (χ0n) is 17.0. The summed E-state index contributed by atoms with van der Waals surface area (Å²) in [6.45, 7) is 1.63. The Bertz CT molecular complexity index is 1280. The van der Waals surface area contributed by atoms with Crippen LogP contribution in [0.1, 0.15) is 21.6 Å². The Labute approximate surface area is 183 Å². The molecule has 1 unspecified atom stereocenters. The van der Waals surface area contributed by atoms with Gasteiger partial charge in [0.2, 0.25) is 0 Å². The minimum atomic E-state index is -3.45. The van der Waals surface area contributed by atoms with E-state index in [4.69, 9.17) is 9.26 Å². The highest BCUT2D eigenvalue weighted by atomic mass is 31.0. The van der Waals surface area contributed by atoms with E-state index < -0.39 is 23.1 Å². The van der Waals surface area contributed by atoms with Gasteiger partial charge < -0.3 is 9.26 Å². The number of ether oxygens (including phenoxy) is 1. The molecule has 0 aliphatic carbocycles. The van der Waals surface area contributed by atoms with Crippen molar-refractivity contribution in [3.8, 4) is 28.3 Å². The lowest BCUT2D eigenvalue weighted by atomic mass is 9.99. The van der Waals surface area contributed by atoms with Crippen molar-refractivity contribution in [1.29, 1.82) is 0 Å². The number of para-hydroxylation sites is 1. The normalized spacial score (nSPS) is 11.6. The Morgan fingerprint density at radius 1 is 1.16 bits per heavy atom. The predicted molar refractivity (Wildman–Crippen MR) is 114 cm³/mol. The average molecular weight is 459 g/mol. The molecule has 2 heterocycles. The van der Waals surface area contributed by atoms with Crippen LogP contribution >= 0.6 is 9.24 Å². The van der Waals surface area contributed by atoms with Crippen molar-refractivity contribution in [3.05, 3.63) is 77.4 Å².